The Bertz CT molecular complexity index is 583. The molecule has 0 radical (unpaired) electrons. The molecule has 1 aliphatic heterocycles. The molecule has 1 fully saturated rings. The maximum atomic E-state index is 12.8. The van der Waals surface area contributed by atoms with Crippen molar-refractivity contribution >= 4 is 17.2 Å². The molecule has 3 rings (SSSR count). The van der Waals surface area contributed by atoms with Crippen molar-refractivity contribution in [1.29, 1.82) is 0 Å². The van der Waals surface area contributed by atoms with Gasteiger partial charge in [-0.3, -0.25) is 4.79 Å². The van der Waals surface area contributed by atoms with Crippen molar-refractivity contribution in [2.24, 2.45) is 0 Å². The number of hydrogen-bond acceptors (Lipinski definition) is 5. The average molecular weight is 317 g/mol. The van der Waals surface area contributed by atoms with Crippen LogP contribution in [-0.2, 0) is 22.6 Å². The Labute approximate surface area is 133 Å². The molecule has 6 heteroatoms. The third-order valence-electron chi connectivity index (χ3n) is 3.54. The van der Waals surface area contributed by atoms with E-state index in [9.17, 15) is 4.79 Å². The van der Waals surface area contributed by atoms with Crippen molar-refractivity contribution in [3.63, 3.8) is 0 Å². The number of hydrogen-bond donors (Lipinski definition) is 1. The van der Waals surface area contributed by atoms with Gasteiger partial charge in [0.2, 0.25) is 0 Å². The minimum Gasteiger partial charge on any atom is -0.366 e. The van der Waals surface area contributed by atoms with Crippen molar-refractivity contribution in [2.45, 2.75) is 19.2 Å². The number of thiazole rings is 1. The Hall–Kier alpha value is -1.76. The second-order valence-electron chi connectivity index (χ2n) is 5.17. The lowest BCUT2D eigenvalue weighted by molar-refractivity contribution is -0.146. The Morgan fingerprint density at radius 3 is 2.91 bits per heavy atom. The highest BCUT2D eigenvalue weighted by Crippen LogP contribution is 2.14. The van der Waals surface area contributed by atoms with Gasteiger partial charge >= 0.3 is 0 Å². The van der Waals surface area contributed by atoms with Gasteiger partial charge in [-0.25, -0.2) is 4.98 Å². The van der Waals surface area contributed by atoms with Crippen LogP contribution in [0.2, 0.25) is 0 Å². The highest BCUT2D eigenvalue weighted by atomic mass is 32.1. The summed E-state index contributed by atoms with van der Waals surface area (Å²) in [6.07, 6.45) is 1.36. The largest absolute Gasteiger partial charge is 0.366 e. The number of carbonyl (C=O) groups excluding carboxylic acids is 1. The number of rotatable bonds is 5. The number of nitrogens with zero attached hydrogens (tertiary/aromatic N) is 2. The molecule has 2 aromatic rings. The standard InChI is InChI=1S/C16H19N3O2S/c20-16(14-10-17-6-8-21-14)19(12-15-18-7-9-22-15)11-13-4-2-1-3-5-13/h1-5,7,9,14,17H,6,8,10-12H2. The minimum absolute atomic E-state index is 0.0197. The number of ether oxygens (including phenoxy) is 1. The topological polar surface area (TPSA) is 54.5 Å². The fourth-order valence-corrected chi connectivity index (χ4v) is 3.07. The Kier molecular flexibility index (Phi) is 5.15. The van der Waals surface area contributed by atoms with Crippen molar-refractivity contribution in [2.75, 3.05) is 19.7 Å². The highest BCUT2D eigenvalue weighted by molar-refractivity contribution is 7.09. The second-order valence-corrected chi connectivity index (χ2v) is 6.15. The van der Waals surface area contributed by atoms with Crippen molar-refractivity contribution in [3.05, 3.63) is 52.5 Å². The van der Waals surface area contributed by atoms with Crippen LogP contribution in [-0.4, -0.2) is 41.6 Å². The zero-order valence-corrected chi connectivity index (χ0v) is 13.1. The Morgan fingerprint density at radius 2 is 2.23 bits per heavy atom. The van der Waals surface area contributed by atoms with Gasteiger partial charge in [-0.05, 0) is 5.56 Å². The monoisotopic (exact) mass is 317 g/mol. The third kappa shape index (κ3) is 3.91. The van der Waals surface area contributed by atoms with Gasteiger partial charge in [0.05, 0.1) is 13.2 Å². The molecule has 0 saturated carbocycles. The van der Waals surface area contributed by atoms with E-state index < -0.39 is 6.10 Å². The molecular weight excluding hydrogens is 298 g/mol. The minimum atomic E-state index is -0.405. The van der Waals surface area contributed by atoms with Crippen LogP contribution in [0.15, 0.2) is 41.9 Å². The molecule has 1 aromatic carbocycles. The van der Waals surface area contributed by atoms with Gasteiger partial charge in [-0.15, -0.1) is 11.3 Å². The Morgan fingerprint density at radius 1 is 1.36 bits per heavy atom. The van der Waals surface area contributed by atoms with Gasteiger partial charge in [0, 0.05) is 31.2 Å². The predicted molar refractivity (Wildman–Crippen MR) is 85.4 cm³/mol. The number of carbonyl (C=O) groups is 1. The summed E-state index contributed by atoms with van der Waals surface area (Å²) in [5.74, 6) is 0.0197. The van der Waals surface area contributed by atoms with E-state index in [1.165, 1.54) is 0 Å². The fraction of sp³-hybridized carbons (Fsp3) is 0.375. The zero-order valence-electron chi connectivity index (χ0n) is 12.3. The van der Waals surface area contributed by atoms with Gasteiger partial charge in [0.15, 0.2) is 0 Å². The lowest BCUT2D eigenvalue weighted by Gasteiger charge is -2.29. The summed E-state index contributed by atoms with van der Waals surface area (Å²) in [6, 6.07) is 10.0. The van der Waals surface area contributed by atoms with Crippen molar-refractivity contribution < 1.29 is 9.53 Å². The molecule has 1 atom stereocenters. The first kappa shape index (κ1) is 15.1. The lowest BCUT2D eigenvalue weighted by atomic mass is 10.2. The van der Waals surface area contributed by atoms with Crippen molar-refractivity contribution in [3.8, 4) is 0 Å². The van der Waals surface area contributed by atoms with Crippen molar-refractivity contribution in [1.82, 2.24) is 15.2 Å². The number of benzene rings is 1. The first-order chi connectivity index (χ1) is 10.8. The first-order valence-electron chi connectivity index (χ1n) is 7.36. The Balaban J connectivity index is 1.74. The molecule has 5 nitrogen and oxygen atoms in total. The van der Waals surface area contributed by atoms with E-state index >= 15 is 0 Å². The van der Waals surface area contributed by atoms with E-state index in [1.54, 1.807) is 17.5 Å². The molecule has 1 aliphatic rings. The summed E-state index contributed by atoms with van der Waals surface area (Å²) in [4.78, 5) is 18.9. The van der Waals surface area contributed by atoms with Crippen LogP contribution >= 0.6 is 11.3 Å². The molecule has 1 amide bonds. The van der Waals surface area contributed by atoms with Crippen LogP contribution in [0.1, 0.15) is 10.6 Å². The molecule has 1 saturated heterocycles. The van der Waals surface area contributed by atoms with E-state index in [0.29, 0.717) is 26.2 Å². The van der Waals surface area contributed by atoms with Gasteiger partial charge in [-0.1, -0.05) is 30.3 Å². The maximum Gasteiger partial charge on any atom is 0.253 e. The van der Waals surface area contributed by atoms with Gasteiger partial charge in [0.1, 0.15) is 11.1 Å². The van der Waals surface area contributed by atoms with E-state index in [1.807, 2.05) is 40.6 Å². The SMILES string of the molecule is O=C(C1CNCCO1)N(Cc1ccccc1)Cc1nccs1. The molecule has 0 aliphatic carbocycles. The quantitative estimate of drug-likeness (QED) is 0.911. The van der Waals surface area contributed by atoms with E-state index in [4.69, 9.17) is 4.74 Å². The molecular formula is C16H19N3O2S. The normalized spacial score (nSPS) is 18.1. The molecule has 116 valence electrons. The molecule has 0 bridgehead atoms. The summed E-state index contributed by atoms with van der Waals surface area (Å²) in [6.45, 7) is 3.04. The zero-order chi connectivity index (χ0) is 15.2. The molecule has 1 unspecified atom stereocenters. The lowest BCUT2D eigenvalue weighted by Crippen LogP contribution is -2.49. The molecule has 2 heterocycles. The third-order valence-corrected chi connectivity index (χ3v) is 4.30. The maximum absolute atomic E-state index is 12.8. The van der Waals surface area contributed by atoms with Gasteiger partial charge in [-0.2, -0.15) is 0 Å². The summed E-state index contributed by atoms with van der Waals surface area (Å²) in [5.41, 5.74) is 1.11. The van der Waals surface area contributed by atoms with Crippen LogP contribution in [0.25, 0.3) is 0 Å². The molecule has 22 heavy (non-hydrogen) atoms. The smallest absolute Gasteiger partial charge is 0.253 e. The van der Waals surface area contributed by atoms with Crippen LogP contribution in [0.5, 0.6) is 0 Å². The van der Waals surface area contributed by atoms with E-state index in [-0.39, 0.29) is 5.91 Å². The summed E-state index contributed by atoms with van der Waals surface area (Å²) in [7, 11) is 0. The highest BCUT2D eigenvalue weighted by Gasteiger charge is 2.27. The fourth-order valence-electron chi connectivity index (χ4n) is 2.44. The second kappa shape index (κ2) is 7.49. The summed E-state index contributed by atoms with van der Waals surface area (Å²) in [5, 5.41) is 6.08. The van der Waals surface area contributed by atoms with Crippen LogP contribution in [0.4, 0.5) is 0 Å². The molecule has 1 N–H and O–H groups in total. The average Bonchev–Trinajstić information content (AvgIpc) is 3.08. The molecule has 1 aromatic heterocycles. The number of nitrogens with one attached hydrogen (secondary N) is 1. The van der Waals surface area contributed by atoms with Gasteiger partial charge < -0.3 is 15.0 Å². The number of amides is 1. The number of morpholine rings is 1. The van der Waals surface area contributed by atoms with E-state index in [0.717, 1.165) is 17.1 Å². The van der Waals surface area contributed by atoms with Crippen LogP contribution in [0, 0.1) is 0 Å². The number of aromatic nitrogens is 1. The first-order valence-corrected chi connectivity index (χ1v) is 8.24. The molecule has 0 spiro atoms. The van der Waals surface area contributed by atoms with Crippen LogP contribution < -0.4 is 5.32 Å². The summed E-state index contributed by atoms with van der Waals surface area (Å²) < 4.78 is 5.61. The van der Waals surface area contributed by atoms with Crippen LogP contribution in [0.3, 0.4) is 0 Å². The van der Waals surface area contributed by atoms with E-state index in [2.05, 4.69) is 10.3 Å². The van der Waals surface area contributed by atoms with Gasteiger partial charge in [0.25, 0.3) is 5.91 Å². The summed E-state index contributed by atoms with van der Waals surface area (Å²) >= 11 is 1.56. The predicted octanol–water partition coefficient (Wildman–Crippen LogP) is 1.66.